The summed E-state index contributed by atoms with van der Waals surface area (Å²) >= 11 is 5.76. The van der Waals surface area contributed by atoms with Crippen molar-refractivity contribution in [1.29, 1.82) is 0 Å². The first kappa shape index (κ1) is 12.2. The summed E-state index contributed by atoms with van der Waals surface area (Å²) in [5.74, 6) is -1.68. The van der Waals surface area contributed by atoms with Gasteiger partial charge in [0.05, 0.1) is 11.6 Å². The highest BCUT2D eigenvalue weighted by atomic mass is 35.5. The Bertz CT molecular complexity index is 358. The Morgan fingerprint density at radius 2 is 2.13 bits per heavy atom. The lowest BCUT2D eigenvalue weighted by molar-refractivity contribution is 0.330. The van der Waals surface area contributed by atoms with Crippen LogP contribution in [0.4, 0.5) is 8.78 Å². The summed E-state index contributed by atoms with van der Waals surface area (Å²) in [6.45, 7) is 2.26. The quantitative estimate of drug-likeness (QED) is 0.811. The number of benzene rings is 1. The van der Waals surface area contributed by atoms with Crippen LogP contribution in [0.25, 0.3) is 0 Å². The molecule has 0 aliphatic heterocycles. The molecule has 0 heterocycles. The van der Waals surface area contributed by atoms with Crippen LogP contribution in [0.15, 0.2) is 6.07 Å². The van der Waals surface area contributed by atoms with Crippen molar-refractivity contribution in [2.24, 2.45) is 0 Å². The van der Waals surface area contributed by atoms with Crippen LogP contribution in [-0.4, -0.2) is 13.7 Å². The van der Waals surface area contributed by atoms with E-state index in [1.54, 1.807) is 14.0 Å². The predicted octanol–water partition coefficient (Wildman–Crippen LogP) is 2.74. The summed E-state index contributed by atoms with van der Waals surface area (Å²) in [6, 6.07) is 0.918. The summed E-state index contributed by atoms with van der Waals surface area (Å²) in [5.41, 5.74) is 0.115. The molecule has 2 nitrogen and oxygen atoms in total. The van der Waals surface area contributed by atoms with Crippen molar-refractivity contribution >= 4 is 11.6 Å². The van der Waals surface area contributed by atoms with E-state index in [2.05, 4.69) is 5.32 Å². The van der Waals surface area contributed by atoms with Gasteiger partial charge in [-0.05, 0) is 20.0 Å². The van der Waals surface area contributed by atoms with Gasteiger partial charge in [0.2, 0.25) is 0 Å². The molecule has 0 radical (unpaired) electrons. The maximum absolute atomic E-state index is 13.4. The van der Waals surface area contributed by atoms with Gasteiger partial charge in [-0.3, -0.25) is 0 Å². The maximum Gasteiger partial charge on any atom is 0.167 e. The number of hydrogen-bond acceptors (Lipinski definition) is 2. The van der Waals surface area contributed by atoms with Gasteiger partial charge in [-0.15, -0.1) is 0 Å². The molecule has 0 saturated carbocycles. The number of ether oxygens (including phenoxy) is 1. The molecule has 0 spiro atoms. The first-order valence-electron chi connectivity index (χ1n) is 4.55. The molecular formula is C10H12ClF2NO. The molecule has 0 saturated heterocycles. The lowest BCUT2D eigenvalue weighted by Gasteiger charge is -2.13. The second-order valence-electron chi connectivity index (χ2n) is 2.93. The van der Waals surface area contributed by atoms with Crippen LogP contribution >= 0.6 is 11.6 Å². The van der Waals surface area contributed by atoms with Crippen molar-refractivity contribution in [1.82, 2.24) is 5.32 Å². The number of hydrogen-bond donors (Lipinski definition) is 1. The van der Waals surface area contributed by atoms with Gasteiger partial charge in [0, 0.05) is 12.1 Å². The molecule has 1 rings (SSSR count). The molecule has 1 aromatic rings. The molecule has 1 aromatic carbocycles. The van der Waals surface area contributed by atoms with Gasteiger partial charge in [-0.25, -0.2) is 8.78 Å². The van der Waals surface area contributed by atoms with E-state index in [0.717, 1.165) is 6.07 Å². The fourth-order valence-electron chi connectivity index (χ4n) is 1.26. The minimum Gasteiger partial charge on any atom is -0.492 e. The largest absolute Gasteiger partial charge is 0.492 e. The van der Waals surface area contributed by atoms with Crippen molar-refractivity contribution in [2.75, 3.05) is 13.7 Å². The van der Waals surface area contributed by atoms with E-state index >= 15 is 0 Å². The molecule has 0 aliphatic rings. The second-order valence-corrected chi connectivity index (χ2v) is 3.33. The highest BCUT2D eigenvalue weighted by Gasteiger charge is 2.17. The van der Waals surface area contributed by atoms with Crippen molar-refractivity contribution in [3.63, 3.8) is 0 Å². The Balaban J connectivity index is 3.26. The molecule has 0 aromatic heterocycles. The number of rotatable bonds is 4. The van der Waals surface area contributed by atoms with Gasteiger partial charge in [-0.2, -0.15) is 0 Å². The molecule has 15 heavy (non-hydrogen) atoms. The van der Waals surface area contributed by atoms with Crippen LogP contribution < -0.4 is 10.1 Å². The fourth-order valence-corrected chi connectivity index (χ4v) is 1.53. The van der Waals surface area contributed by atoms with Crippen molar-refractivity contribution in [3.8, 4) is 5.75 Å². The summed E-state index contributed by atoms with van der Waals surface area (Å²) in [6.07, 6.45) is 0. The summed E-state index contributed by atoms with van der Waals surface area (Å²) in [7, 11) is 1.63. The normalized spacial score (nSPS) is 10.5. The van der Waals surface area contributed by atoms with E-state index in [1.807, 2.05) is 0 Å². The van der Waals surface area contributed by atoms with Gasteiger partial charge in [-0.1, -0.05) is 11.6 Å². The van der Waals surface area contributed by atoms with E-state index < -0.39 is 11.6 Å². The van der Waals surface area contributed by atoms with Gasteiger partial charge in [0.15, 0.2) is 11.6 Å². The Hall–Kier alpha value is -0.870. The topological polar surface area (TPSA) is 21.3 Å². The molecule has 0 amide bonds. The SMILES string of the molecule is CCOc1c(Cl)cc(F)c(F)c1CNC. The van der Waals surface area contributed by atoms with E-state index in [4.69, 9.17) is 16.3 Å². The Kier molecular flexibility index (Phi) is 4.29. The molecule has 0 atom stereocenters. The number of nitrogens with one attached hydrogen (secondary N) is 1. The second kappa shape index (κ2) is 5.28. The Labute approximate surface area is 92.2 Å². The molecule has 5 heteroatoms. The minimum atomic E-state index is -0.964. The highest BCUT2D eigenvalue weighted by molar-refractivity contribution is 6.32. The van der Waals surface area contributed by atoms with Gasteiger partial charge < -0.3 is 10.1 Å². The summed E-state index contributed by atoms with van der Waals surface area (Å²) < 4.78 is 31.6. The lowest BCUT2D eigenvalue weighted by Crippen LogP contribution is -2.11. The molecule has 0 fully saturated rings. The number of halogens is 3. The summed E-state index contributed by atoms with van der Waals surface area (Å²) in [5, 5.41) is 2.82. The average Bonchev–Trinajstić information content (AvgIpc) is 2.20. The van der Waals surface area contributed by atoms with Crippen LogP contribution in [0.5, 0.6) is 5.75 Å². The molecular weight excluding hydrogens is 224 g/mol. The van der Waals surface area contributed by atoms with Gasteiger partial charge in [0.25, 0.3) is 0 Å². The maximum atomic E-state index is 13.4. The molecule has 1 N–H and O–H groups in total. The van der Waals surface area contributed by atoms with Gasteiger partial charge >= 0.3 is 0 Å². The first-order chi connectivity index (χ1) is 7.11. The zero-order chi connectivity index (χ0) is 11.4. The summed E-state index contributed by atoms with van der Waals surface area (Å²) in [4.78, 5) is 0. The first-order valence-corrected chi connectivity index (χ1v) is 4.93. The van der Waals surface area contributed by atoms with Gasteiger partial charge in [0.1, 0.15) is 5.75 Å². The molecule has 0 bridgehead atoms. The Morgan fingerprint density at radius 1 is 1.47 bits per heavy atom. The zero-order valence-electron chi connectivity index (χ0n) is 8.53. The van der Waals surface area contributed by atoms with Crippen LogP contribution in [0.3, 0.4) is 0 Å². The van der Waals surface area contributed by atoms with Crippen molar-refractivity contribution in [3.05, 3.63) is 28.3 Å². The van der Waals surface area contributed by atoms with E-state index in [-0.39, 0.29) is 22.9 Å². The van der Waals surface area contributed by atoms with Crippen LogP contribution in [0.1, 0.15) is 12.5 Å². The van der Waals surface area contributed by atoms with E-state index in [9.17, 15) is 8.78 Å². The third-order valence-corrected chi connectivity index (χ3v) is 2.14. The van der Waals surface area contributed by atoms with E-state index in [0.29, 0.717) is 6.61 Å². The van der Waals surface area contributed by atoms with Crippen molar-refractivity contribution < 1.29 is 13.5 Å². The third kappa shape index (κ3) is 2.58. The third-order valence-electron chi connectivity index (χ3n) is 1.86. The van der Waals surface area contributed by atoms with Crippen LogP contribution in [0.2, 0.25) is 5.02 Å². The fraction of sp³-hybridized carbons (Fsp3) is 0.400. The van der Waals surface area contributed by atoms with E-state index in [1.165, 1.54) is 0 Å². The highest BCUT2D eigenvalue weighted by Crippen LogP contribution is 2.32. The van der Waals surface area contributed by atoms with Crippen LogP contribution in [0, 0.1) is 11.6 Å². The predicted molar refractivity (Wildman–Crippen MR) is 55.3 cm³/mol. The standard InChI is InChI=1S/C10H12ClF2NO/c1-3-15-10-6(5-14-2)9(13)8(12)4-7(10)11/h4,14H,3,5H2,1-2H3. The average molecular weight is 236 g/mol. The zero-order valence-corrected chi connectivity index (χ0v) is 9.29. The monoisotopic (exact) mass is 235 g/mol. The Morgan fingerprint density at radius 3 is 2.67 bits per heavy atom. The molecule has 0 aliphatic carbocycles. The molecule has 84 valence electrons. The minimum absolute atomic E-state index is 0.0843. The smallest absolute Gasteiger partial charge is 0.167 e. The lowest BCUT2D eigenvalue weighted by atomic mass is 10.1. The molecule has 0 unspecified atom stereocenters. The van der Waals surface area contributed by atoms with Crippen molar-refractivity contribution in [2.45, 2.75) is 13.5 Å². The van der Waals surface area contributed by atoms with Crippen LogP contribution in [-0.2, 0) is 6.54 Å².